The van der Waals surface area contributed by atoms with Gasteiger partial charge in [0.25, 0.3) is 11.8 Å². The average Bonchev–Trinajstić information content (AvgIpc) is 2.75. The molecule has 0 saturated carbocycles. The molecule has 0 fully saturated rings. The van der Waals surface area contributed by atoms with E-state index in [2.05, 4.69) is 20.4 Å². The number of esters is 1. The predicted molar refractivity (Wildman–Crippen MR) is 109 cm³/mol. The fourth-order valence-corrected chi connectivity index (χ4v) is 2.64. The van der Waals surface area contributed by atoms with Crippen LogP contribution in [-0.4, -0.2) is 29.9 Å². The minimum atomic E-state index is -0.500. The van der Waals surface area contributed by atoms with Crippen molar-refractivity contribution in [1.29, 1.82) is 0 Å². The van der Waals surface area contributed by atoms with Crippen molar-refractivity contribution >= 4 is 29.2 Å². The fraction of sp³-hybridized carbons (Fsp3) is 0.0909. The lowest BCUT2D eigenvalue weighted by molar-refractivity contribution is 0.0600. The number of aryl methyl sites for hydroxylation is 1. The van der Waals surface area contributed by atoms with Gasteiger partial charge in [0.2, 0.25) is 0 Å². The number of benzene rings is 2. The third-order valence-electron chi connectivity index (χ3n) is 4.19. The maximum atomic E-state index is 12.6. The summed E-state index contributed by atoms with van der Waals surface area (Å²) in [4.78, 5) is 40.7. The minimum Gasteiger partial charge on any atom is -0.465 e. The summed E-state index contributed by atoms with van der Waals surface area (Å²) < 4.78 is 4.68. The number of anilines is 2. The Kier molecular flexibility index (Phi) is 5.99. The van der Waals surface area contributed by atoms with Crippen LogP contribution in [-0.2, 0) is 4.74 Å². The van der Waals surface area contributed by atoms with E-state index >= 15 is 0 Å². The van der Waals surface area contributed by atoms with Crippen molar-refractivity contribution in [1.82, 2.24) is 4.98 Å². The molecule has 3 aromatic rings. The normalized spacial score (nSPS) is 10.1. The number of nitrogens with zero attached hydrogens (tertiary/aromatic N) is 1. The third-order valence-corrected chi connectivity index (χ3v) is 4.19. The first kappa shape index (κ1) is 19.8. The molecule has 0 aliphatic rings. The second-order valence-corrected chi connectivity index (χ2v) is 6.23. The molecule has 2 amide bonds. The number of para-hydroxylation sites is 1. The van der Waals surface area contributed by atoms with Gasteiger partial charge in [0.15, 0.2) is 0 Å². The zero-order valence-corrected chi connectivity index (χ0v) is 15.9. The number of rotatable bonds is 5. The van der Waals surface area contributed by atoms with E-state index < -0.39 is 17.8 Å². The van der Waals surface area contributed by atoms with E-state index in [1.165, 1.54) is 31.5 Å². The van der Waals surface area contributed by atoms with E-state index in [4.69, 9.17) is 0 Å². The Balaban J connectivity index is 1.75. The number of hydrogen-bond acceptors (Lipinski definition) is 5. The Morgan fingerprint density at radius 1 is 0.862 bits per heavy atom. The van der Waals surface area contributed by atoms with E-state index in [1.807, 2.05) is 25.1 Å². The molecule has 2 aromatic carbocycles. The van der Waals surface area contributed by atoms with Crippen LogP contribution >= 0.6 is 0 Å². The molecular formula is C22H19N3O4. The van der Waals surface area contributed by atoms with Crippen LogP contribution in [0.4, 0.5) is 11.4 Å². The fourth-order valence-electron chi connectivity index (χ4n) is 2.64. The number of nitrogens with one attached hydrogen (secondary N) is 2. The standard InChI is InChI=1S/C22H19N3O4/c1-14-6-3-4-9-18(14)25-21(27)19-13-15(10-11-23-19)20(26)24-17-8-5-7-16(12-17)22(28)29-2/h3-13H,1-2H3,(H,24,26)(H,25,27). The summed E-state index contributed by atoms with van der Waals surface area (Å²) in [6.45, 7) is 1.88. The van der Waals surface area contributed by atoms with E-state index in [0.717, 1.165) is 5.56 Å². The van der Waals surface area contributed by atoms with Crippen LogP contribution in [0.25, 0.3) is 0 Å². The van der Waals surface area contributed by atoms with Gasteiger partial charge >= 0.3 is 5.97 Å². The molecule has 0 bridgehead atoms. The van der Waals surface area contributed by atoms with Crippen LogP contribution in [0.2, 0.25) is 0 Å². The molecule has 7 nitrogen and oxygen atoms in total. The van der Waals surface area contributed by atoms with Gasteiger partial charge in [-0.3, -0.25) is 14.6 Å². The molecule has 0 spiro atoms. The highest BCUT2D eigenvalue weighted by molar-refractivity contribution is 6.08. The number of aromatic nitrogens is 1. The van der Waals surface area contributed by atoms with Crippen molar-refractivity contribution < 1.29 is 19.1 Å². The molecule has 146 valence electrons. The van der Waals surface area contributed by atoms with Crippen molar-refractivity contribution in [2.75, 3.05) is 17.7 Å². The van der Waals surface area contributed by atoms with E-state index in [9.17, 15) is 14.4 Å². The highest BCUT2D eigenvalue weighted by Gasteiger charge is 2.14. The largest absolute Gasteiger partial charge is 0.465 e. The van der Waals surface area contributed by atoms with E-state index in [1.54, 1.807) is 24.3 Å². The average molecular weight is 389 g/mol. The Morgan fingerprint density at radius 3 is 2.41 bits per heavy atom. The zero-order chi connectivity index (χ0) is 20.8. The Labute approximate surface area is 167 Å². The summed E-state index contributed by atoms with van der Waals surface area (Å²) >= 11 is 0. The van der Waals surface area contributed by atoms with Gasteiger partial charge in [-0.05, 0) is 48.9 Å². The molecular weight excluding hydrogens is 370 g/mol. The first-order chi connectivity index (χ1) is 14.0. The molecule has 0 aliphatic carbocycles. The maximum absolute atomic E-state index is 12.6. The number of carbonyl (C=O) groups is 3. The lowest BCUT2D eigenvalue weighted by atomic mass is 10.1. The monoisotopic (exact) mass is 389 g/mol. The highest BCUT2D eigenvalue weighted by atomic mass is 16.5. The van der Waals surface area contributed by atoms with Crippen molar-refractivity contribution in [2.45, 2.75) is 6.92 Å². The van der Waals surface area contributed by atoms with Gasteiger partial charge in [-0.1, -0.05) is 24.3 Å². The molecule has 1 heterocycles. The third kappa shape index (κ3) is 4.84. The molecule has 3 rings (SSSR count). The van der Waals surface area contributed by atoms with E-state index in [-0.39, 0.29) is 11.3 Å². The van der Waals surface area contributed by atoms with Gasteiger partial charge in [-0.15, -0.1) is 0 Å². The zero-order valence-electron chi connectivity index (χ0n) is 15.9. The number of amides is 2. The summed E-state index contributed by atoms with van der Waals surface area (Å²) in [5, 5.41) is 5.48. The molecule has 0 aliphatic heterocycles. The van der Waals surface area contributed by atoms with Crippen molar-refractivity contribution in [2.24, 2.45) is 0 Å². The van der Waals surface area contributed by atoms with Crippen molar-refractivity contribution in [3.63, 3.8) is 0 Å². The first-order valence-electron chi connectivity index (χ1n) is 8.80. The van der Waals surface area contributed by atoms with Gasteiger partial charge in [-0.25, -0.2) is 4.79 Å². The summed E-state index contributed by atoms with van der Waals surface area (Å²) in [6.07, 6.45) is 1.40. The van der Waals surface area contributed by atoms with E-state index in [0.29, 0.717) is 16.9 Å². The van der Waals surface area contributed by atoms with Crippen molar-refractivity contribution in [3.05, 3.63) is 89.2 Å². The van der Waals surface area contributed by atoms with Crippen LogP contribution in [0.3, 0.4) is 0 Å². The number of carbonyl (C=O) groups excluding carboxylic acids is 3. The summed E-state index contributed by atoms with van der Waals surface area (Å²) in [5.41, 5.74) is 2.72. The number of pyridine rings is 1. The summed E-state index contributed by atoms with van der Waals surface area (Å²) in [7, 11) is 1.29. The van der Waals surface area contributed by atoms with Crippen LogP contribution < -0.4 is 10.6 Å². The topological polar surface area (TPSA) is 97.4 Å². The number of methoxy groups -OCH3 is 1. The SMILES string of the molecule is COC(=O)c1cccc(NC(=O)c2ccnc(C(=O)Nc3ccccc3C)c2)c1. The van der Waals surface area contributed by atoms with Crippen LogP contribution in [0.15, 0.2) is 66.9 Å². The molecule has 7 heteroatoms. The van der Waals surface area contributed by atoms with Gasteiger partial charge in [0.05, 0.1) is 12.7 Å². The highest BCUT2D eigenvalue weighted by Crippen LogP contribution is 2.16. The quantitative estimate of drug-likeness (QED) is 0.649. The number of ether oxygens (including phenoxy) is 1. The van der Waals surface area contributed by atoms with Crippen LogP contribution in [0.1, 0.15) is 36.8 Å². The predicted octanol–water partition coefficient (Wildman–Crippen LogP) is 3.68. The molecule has 0 saturated heterocycles. The maximum Gasteiger partial charge on any atom is 0.337 e. The molecule has 0 atom stereocenters. The number of hydrogen-bond donors (Lipinski definition) is 2. The molecule has 1 aromatic heterocycles. The van der Waals surface area contributed by atoms with Crippen LogP contribution in [0, 0.1) is 6.92 Å². The summed E-state index contributed by atoms with van der Waals surface area (Å²) in [5.74, 6) is -1.35. The van der Waals surface area contributed by atoms with Gasteiger partial charge < -0.3 is 15.4 Å². The lowest BCUT2D eigenvalue weighted by Gasteiger charge is -2.09. The molecule has 2 N–H and O–H groups in total. The lowest BCUT2D eigenvalue weighted by Crippen LogP contribution is -2.17. The second kappa shape index (κ2) is 8.79. The molecule has 29 heavy (non-hydrogen) atoms. The Bertz CT molecular complexity index is 1080. The summed E-state index contributed by atoms with van der Waals surface area (Å²) in [6, 6.07) is 16.7. The second-order valence-electron chi connectivity index (χ2n) is 6.23. The molecule has 0 radical (unpaired) electrons. The Morgan fingerprint density at radius 2 is 1.66 bits per heavy atom. The molecule has 0 unspecified atom stereocenters. The first-order valence-corrected chi connectivity index (χ1v) is 8.80. The van der Waals surface area contributed by atoms with Crippen LogP contribution in [0.5, 0.6) is 0 Å². The van der Waals surface area contributed by atoms with Gasteiger partial charge in [-0.2, -0.15) is 0 Å². The van der Waals surface area contributed by atoms with Gasteiger partial charge in [0, 0.05) is 23.1 Å². The van der Waals surface area contributed by atoms with Gasteiger partial charge in [0.1, 0.15) is 5.69 Å². The van der Waals surface area contributed by atoms with Crippen molar-refractivity contribution in [3.8, 4) is 0 Å². The Hall–Kier alpha value is -4.00. The minimum absolute atomic E-state index is 0.115. The smallest absolute Gasteiger partial charge is 0.337 e.